The van der Waals surface area contributed by atoms with Gasteiger partial charge in [-0.25, -0.2) is 9.78 Å². The Morgan fingerprint density at radius 2 is 2.09 bits per heavy atom. The second kappa shape index (κ2) is 7.06. The lowest BCUT2D eigenvalue weighted by Gasteiger charge is -2.17. The lowest BCUT2D eigenvalue weighted by Crippen LogP contribution is -2.28. The number of halogens is 2. The van der Waals surface area contributed by atoms with Gasteiger partial charge in [0, 0.05) is 12.2 Å². The molecule has 2 aromatic rings. The van der Waals surface area contributed by atoms with Crippen molar-refractivity contribution in [3.05, 3.63) is 51.6 Å². The summed E-state index contributed by atoms with van der Waals surface area (Å²) < 4.78 is 0. The molecule has 120 valence electrons. The highest BCUT2D eigenvalue weighted by molar-refractivity contribution is 6.42. The normalized spacial score (nSPS) is 13.0. The number of aryl methyl sites for hydroxylation is 1. The lowest BCUT2D eigenvalue weighted by molar-refractivity contribution is 0.251. The van der Waals surface area contributed by atoms with Gasteiger partial charge in [-0.2, -0.15) is 0 Å². The number of amides is 2. The van der Waals surface area contributed by atoms with Crippen LogP contribution < -0.4 is 16.0 Å². The standard InChI is InChI=1S/C16H16Cl2N4O/c17-13-6-5-11(8-14(13)18)22-16(23)20-9-12-4-3-10-2-1-7-19-15(10)21-12/h3-6,8H,1-2,7,9H2,(H,19,21)(H2,20,22,23). The first-order valence-corrected chi connectivity index (χ1v) is 8.10. The fraction of sp³-hybridized carbons (Fsp3) is 0.250. The largest absolute Gasteiger partial charge is 0.370 e. The number of nitrogens with one attached hydrogen (secondary N) is 3. The van der Waals surface area contributed by atoms with E-state index in [1.165, 1.54) is 5.56 Å². The molecule has 1 aromatic heterocycles. The number of aromatic nitrogens is 1. The summed E-state index contributed by atoms with van der Waals surface area (Å²) in [6.45, 7) is 1.29. The topological polar surface area (TPSA) is 66.0 Å². The minimum Gasteiger partial charge on any atom is -0.370 e. The highest BCUT2D eigenvalue weighted by atomic mass is 35.5. The van der Waals surface area contributed by atoms with Crippen LogP contribution in [-0.2, 0) is 13.0 Å². The zero-order valence-electron chi connectivity index (χ0n) is 12.3. The minimum absolute atomic E-state index is 0.323. The molecule has 1 aromatic carbocycles. The summed E-state index contributed by atoms with van der Waals surface area (Å²) in [7, 11) is 0. The average molecular weight is 351 g/mol. The number of fused-ring (bicyclic) bond motifs is 1. The summed E-state index contributed by atoms with van der Waals surface area (Å²) in [6.07, 6.45) is 2.17. The van der Waals surface area contributed by atoms with Gasteiger partial charge < -0.3 is 16.0 Å². The molecular formula is C16H16Cl2N4O. The maximum Gasteiger partial charge on any atom is 0.319 e. The first kappa shape index (κ1) is 15.9. The van der Waals surface area contributed by atoms with E-state index in [0.29, 0.717) is 22.3 Å². The fourth-order valence-electron chi connectivity index (χ4n) is 2.39. The molecule has 0 fully saturated rings. The van der Waals surface area contributed by atoms with E-state index in [9.17, 15) is 4.79 Å². The van der Waals surface area contributed by atoms with E-state index in [2.05, 4.69) is 27.0 Å². The molecule has 5 nitrogen and oxygen atoms in total. The van der Waals surface area contributed by atoms with E-state index in [1.54, 1.807) is 18.2 Å². The van der Waals surface area contributed by atoms with Crippen LogP contribution in [0.2, 0.25) is 10.0 Å². The maximum absolute atomic E-state index is 11.9. The Morgan fingerprint density at radius 3 is 2.91 bits per heavy atom. The Morgan fingerprint density at radius 1 is 1.22 bits per heavy atom. The van der Waals surface area contributed by atoms with Gasteiger partial charge in [-0.3, -0.25) is 0 Å². The summed E-state index contributed by atoms with van der Waals surface area (Å²) in [4.78, 5) is 16.5. The average Bonchev–Trinajstić information content (AvgIpc) is 2.56. The first-order chi connectivity index (χ1) is 11.1. The molecule has 7 heteroatoms. The molecule has 0 radical (unpaired) electrons. The number of nitrogens with zero attached hydrogens (tertiary/aromatic N) is 1. The number of pyridine rings is 1. The van der Waals surface area contributed by atoms with Crippen molar-refractivity contribution in [2.45, 2.75) is 19.4 Å². The molecule has 0 saturated heterocycles. The molecular weight excluding hydrogens is 335 g/mol. The van der Waals surface area contributed by atoms with Crippen molar-refractivity contribution < 1.29 is 4.79 Å². The second-order valence-electron chi connectivity index (χ2n) is 5.28. The zero-order chi connectivity index (χ0) is 16.2. The van der Waals surface area contributed by atoms with Crippen LogP contribution in [0.1, 0.15) is 17.7 Å². The van der Waals surface area contributed by atoms with Crippen LogP contribution >= 0.6 is 23.2 Å². The fourth-order valence-corrected chi connectivity index (χ4v) is 2.69. The Hall–Kier alpha value is -1.98. The second-order valence-corrected chi connectivity index (χ2v) is 6.09. The van der Waals surface area contributed by atoms with Crippen molar-refractivity contribution in [3.8, 4) is 0 Å². The molecule has 3 N–H and O–H groups in total. The Bertz CT molecular complexity index is 736. The van der Waals surface area contributed by atoms with Gasteiger partial charge in [0.05, 0.1) is 22.3 Å². The maximum atomic E-state index is 11.9. The summed E-state index contributed by atoms with van der Waals surface area (Å²) >= 11 is 11.8. The third-order valence-electron chi connectivity index (χ3n) is 3.56. The van der Waals surface area contributed by atoms with Gasteiger partial charge in [0.1, 0.15) is 5.82 Å². The molecule has 23 heavy (non-hydrogen) atoms. The van der Waals surface area contributed by atoms with E-state index in [4.69, 9.17) is 23.2 Å². The summed E-state index contributed by atoms with van der Waals surface area (Å²) in [5.74, 6) is 0.917. The van der Waals surface area contributed by atoms with E-state index >= 15 is 0 Å². The molecule has 0 spiro atoms. The van der Waals surface area contributed by atoms with Gasteiger partial charge in [0.25, 0.3) is 0 Å². The zero-order valence-corrected chi connectivity index (χ0v) is 13.8. The molecule has 3 rings (SSSR count). The molecule has 0 atom stereocenters. The monoisotopic (exact) mass is 350 g/mol. The first-order valence-electron chi connectivity index (χ1n) is 7.34. The number of rotatable bonds is 3. The van der Waals surface area contributed by atoms with Crippen LogP contribution in [0.4, 0.5) is 16.3 Å². The van der Waals surface area contributed by atoms with Crippen LogP contribution in [-0.4, -0.2) is 17.6 Å². The van der Waals surface area contributed by atoms with Crippen molar-refractivity contribution in [1.29, 1.82) is 0 Å². The van der Waals surface area contributed by atoms with Crippen LogP contribution in [0.15, 0.2) is 30.3 Å². The van der Waals surface area contributed by atoms with Crippen molar-refractivity contribution in [1.82, 2.24) is 10.3 Å². The number of carbonyl (C=O) groups excluding carboxylic acids is 1. The summed E-state index contributed by atoms with van der Waals surface area (Å²) in [5.41, 5.74) is 2.61. The van der Waals surface area contributed by atoms with Crippen LogP contribution in [0.5, 0.6) is 0 Å². The van der Waals surface area contributed by atoms with Crippen LogP contribution in [0, 0.1) is 0 Å². The predicted molar refractivity (Wildman–Crippen MR) is 93.4 cm³/mol. The quantitative estimate of drug-likeness (QED) is 0.781. The molecule has 2 amide bonds. The third-order valence-corrected chi connectivity index (χ3v) is 4.30. The van der Waals surface area contributed by atoms with Gasteiger partial charge in [-0.1, -0.05) is 29.3 Å². The third kappa shape index (κ3) is 4.06. The molecule has 0 aliphatic carbocycles. The Balaban J connectivity index is 1.57. The predicted octanol–water partition coefficient (Wildman–Crippen LogP) is 4.07. The van der Waals surface area contributed by atoms with E-state index in [1.807, 2.05) is 6.07 Å². The SMILES string of the molecule is O=C(NCc1ccc2c(n1)NCCC2)Nc1ccc(Cl)c(Cl)c1. The lowest BCUT2D eigenvalue weighted by atomic mass is 10.1. The minimum atomic E-state index is -0.323. The highest BCUT2D eigenvalue weighted by Gasteiger charge is 2.11. The summed E-state index contributed by atoms with van der Waals surface area (Å²) in [6, 6.07) is 8.60. The van der Waals surface area contributed by atoms with Crippen molar-refractivity contribution in [2.75, 3.05) is 17.2 Å². The number of hydrogen-bond acceptors (Lipinski definition) is 3. The number of carbonyl (C=O) groups is 1. The Labute approximate surface area is 144 Å². The van der Waals surface area contributed by atoms with Crippen LogP contribution in [0.25, 0.3) is 0 Å². The molecule has 1 aliphatic rings. The number of benzene rings is 1. The molecule has 0 saturated carbocycles. The van der Waals surface area contributed by atoms with Gasteiger partial charge >= 0.3 is 6.03 Å². The number of hydrogen-bond donors (Lipinski definition) is 3. The number of anilines is 2. The molecule has 2 heterocycles. The van der Waals surface area contributed by atoms with E-state index < -0.39 is 0 Å². The van der Waals surface area contributed by atoms with Crippen molar-refractivity contribution >= 4 is 40.7 Å². The summed E-state index contributed by atoms with van der Waals surface area (Å²) in [5, 5.41) is 9.60. The molecule has 1 aliphatic heterocycles. The van der Waals surface area contributed by atoms with E-state index in [0.717, 1.165) is 30.9 Å². The van der Waals surface area contributed by atoms with E-state index in [-0.39, 0.29) is 6.03 Å². The number of urea groups is 1. The van der Waals surface area contributed by atoms with Gasteiger partial charge in [-0.05, 0) is 42.7 Å². The smallest absolute Gasteiger partial charge is 0.319 e. The molecule has 0 unspecified atom stereocenters. The van der Waals surface area contributed by atoms with Crippen LogP contribution in [0.3, 0.4) is 0 Å². The van der Waals surface area contributed by atoms with Gasteiger partial charge in [0.15, 0.2) is 0 Å². The van der Waals surface area contributed by atoms with Crippen molar-refractivity contribution in [2.24, 2.45) is 0 Å². The Kier molecular flexibility index (Phi) is 4.88. The van der Waals surface area contributed by atoms with Gasteiger partial charge in [0.2, 0.25) is 0 Å². The molecule has 0 bridgehead atoms. The highest BCUT2D eigenvalue weighted by Crippen LogP contribution is 2.25. The van der Waals surface area contributed by atoms with Gasteiger partial charge in [-0.15, -0.1) is 0 Å². The van der Waals surface area contributed by atoms with Crippen molar-refractivity contribution in [3.63, 3.8) is 0 Å².